The Kier molecular flexibility index (Phi) is 3.94. The van der Waals surface area contributed by atoms with Crippen LogP contribution >= 0.6 is 0 Å². The molecule has 1 aliphatic carbocycles. The summed E-state index contributed by atoms with van der Waals surface area (Å²) < 4.78 is 6.81. The van der Waals surface area contributed by atoms with Gasteiger partial charge in [0.1, 0.15) is 5.75 Å². The van der Waals surface area contributed by atoms with Crippen LogP contribution in [-0.2, 0) is 4.79 Å². The zero-order valence-corrected chi connectivity index (χ0v) is 14.6. The molecule has 1 atom stereocenters. The molecular weight excluding hydrogens is 334 g/mol. The standard InChI is InChI=1S/C19H21N3O4/c1-26-14-4-2-13(3-5-14)22-9-6-16(20-22)17(23)21-10-7-19(8-11-21)12-15(19)18(24)25/h2-6,9,15H,7-8,10-12H2,1H3,(H,24,25). The molecule has 136 valence electrons. The highest BCUT2D eigenvalue weighted by Gasteiger charge is 2.59. The summed E-state index contributed by atoms with van der Waals surface area (Å²) in [7, 11) is 1.61. The van der Waals surface area contributed by atoms with Crippen molar-refractivity contribution in [2.24, 2.45) is 11.3 Å². The maximum absolute atomic E-state index is 12.7. The number of carbonyl (C=O) groups excluding carboxylic acids is 1. The second-order valence-corrected chi connectivity index (χ2v) is 7.09. The molecule has 1 amide bonds. The molecule has 26 heavy (non-hydrogen) atoms. The van der Waals surface area contributed by atoms with Gasteiger partial charge in [-0.1, -0.05) is 0 Å². The molecule has 2 heterocycles. The molecule has 1 saturated carbocycles. The van der Waals surface area contributed by atoms with Gasteiger partial charge in [-0.15, -0.1) is 0 Å². The Balaban J connectivity index is 1.41. The van der Waals surface area contributed by atoms with Crippen molar-refractivity contribution in [1.82, 2.24) is 14.7 Å². The van der Waals surface area contributed by atoms with Crippen molar-refractivity contribution < 1.29 is 19.4 Å². The monoisotopic (exact) mass is 355 g/mol. The van der Waals surface area contributed by atoms with Gasteiger partial charge in [0.05, 0.1) is 18.7 Å². The fourth-order valence-electron chi connectivity index (χ4n) is 3.88. The average molecular weight is 355 g/mol. The summed E-state index contributed by atoms with van der Waals surface area (Å²) in [4.78, 5) is 25.6. The lowest BCUT2D eigenvalue weighted by molar-refractivity contribution is -0.139. The largest absolute Gasteiger partial charge is 0.497 e. The third-order valence-corrected chi connectivity index (χ3v) is 5.68. The number of carboxylic acids is 1. The van der Waals surface area contributed by atoms with Crippen LogP contribution in [0.25, 0.3) is 5.69 Å². The van der Waals surface area contributed by atoms with Crippen LogP contribution in [-0.4, -0.2) is 51.9 Å². The highest BCUT2D eigenvalue weighted by Crippen LogP contribution is 2.59. The highest BCUT2D eigenvalue weighted by molar-refractivity contribution is 5.92. The molecule has 2 aromatic rings. The van der Waals surface area contributed by atoms with Gasteiger partial charge in [0.25, 0.3) is 5.91 Å². The van der Waals surface area contributed by atoms with Crippen molar-refractivity contribution in [3.8, 4) is 11.4 Å². The van der Waals surface area contributed by atoms with E-state index in [0.29, 0.717) is 18.8 Å². The molecule has 2 aliphatic rings. The van der Waals surface area contributed by atoms with Crippen molar-refractivity contribution in [3.05, 3.63) is 42.2 Å². The third kappa shape index (κ3) is 2.83. The number of likely N-dealkylation sites (tertiary alicyclic amines) is 1. The number of hydrogen-bond acceptors (Lipinski definition) is 4. The van der Waals surface area contributed by atoms with E-state index >= 15 is 0 Å². The summed E-state index contributed by atoms with van der Waals surface area (Å²) in [6.07, 6.45) is 4.03. The summed E-state index contributed by atoms with van der Waals surface area (Å²) in [5.41, 5.74) is 1.18. The number of benzene rings is 1. The highest BCUT2D eigenvalue weighted by atomic mass is 16.5. The number of piperidine rings is 1. The smallest absolute Gasteiger partial charge is 0.307 e. The minimum Gasteiger partial charge on any atom is -0.497 e. The molecule has 0 bridgehead atoms. The van der Waals surface area contributed by atoms with E-state index in [-0.39, 0.29) is 17.2 Å². The fourth-order valence-corrected chi connectivity index (χ4v) is 3.88. The molecule has 1 unspecified atom stereocenters. The number of carboxylic acid groups (broad SMARTS) is 1. The lowest BCUT2D eigenvalue weighted by Crippen LogP contribution is -2.40. The van der Waals surface area contributed by atoms with Gasteiger partial charge in [0, 0.05) is 19.3 Å². The molecule has 2 fully saturated rings. The Hall–Kier alpha value is -2.83. The van der Waals surface area contributed by atoms with Crippen molar-refractivity contribution in [2.45, 2.75) is 19.3 Å². The number of hydrogen-bond donors (Lipinski definition) is 1. The van der Waals surface area contributed by atoms with Crippen LogP contribution in [0, 0.1) is 11.3 Å². The molecule has 0 radical (unpaired) electrons. The molecule has 7 heteroatoms. The molecule has 1 aromatic heterocycles. The van der Waals surface area contributed by atoms with E-state index in [4.69, 9.17) is 9.84 Å². The van der Waals surface area contributed by atoms with Crippen LogP contribution in [0.5, 0.6) is 5.75 Å². The minimum atomic E-state index is -0.706. The van der Waals surface area contributed by atoms with Crippen LogP contribution in [0.4, 0.5) is 0 Å². The third-order valence-electron chi connectivity index (χ3n) is 5.68. The molecule has 1 aliphatic heterocycles. The van der Waals surface area contributed by atoms with Crippen molar-refractivity contribution in [1.29, 1.82) is 0 Å². The van der Waals surface area contributed by atoms with Gasteiger partial charge in [-0.2, -0.15) is 5.10 Å². The zero-order valence-electron chi connectivity index (χ0n) is 14.6. The van der Waals surface area contributed by atoms with Gasteiger partial charge in [0.2, 0.25) is 0 Å². The Morgan fingerprint density at radius 1 is 1.19 bits per heavy atom. The first-order chi connectivity index (χ1) is 12.5. The molecular formula is C19H21N3O4. The number of amides is 1. The first-order valence-electron chi connectivity index (χ1n) is 8.75. The molecule has 1 aromatic carbocycles. The van der Waals surface area contributed by atoms with Gasteiger partial charge in [-0.25, -0.2) is 4.68 Å². The van der Waals surface area contributed by atoms with Gasteiger partial charge in [-0.05, 0) is 55.0 Å². The summed E-state index contributed by atoms with van der Waals surface area (Å²) >= 11 is 0. The quantitative estimate of drug-likeness (QED) is 0.909. The lowest BCUT2D eigenvalue weighted by Gasteiger charge is -2.32. The average Bonchev–Trinajstić information content (AvgIpc) is 3.15. The van der Waals surface area contributed by atoms with Gasteiger partial charge >= 0.3 is 5.97 Å². The van der Waals surface area contributed by atoms with Gasteiger partial charge < -0.3 is 14.7 Å². The summed E-state index contributed by atoms with van der Waals surface area (Å²) in [6.45, 7) is 1.19. The van der Waals surface area contributed by atoms with Crippen molar-refractivity contribution in [2.75, 3.05) is 20.2 Å². The molecule has 1 N–H and O–H groups in total. The normalized spacial score (nSPS) is 20.8. The van der Waals surface area contributed by atoms with Crippen LogP contribution in [0.2, 0.25) is 0 Å². The number of nitrogens with zero attached hydrogens (tertiary/aromatic N) is 3. The molecule has 7 nitrogen and oxygen atoms in total. The van der Waals surface area contributed by atoms with E-state index in [2.05, 4.69) is 5.10 Å². The Morgan fingerprint density at radius 3 is 2.46 bits per heavy atom. The second kappa shape index (κ2) is 6.16. The van der Waals surface area contributed by atoms with E-state index in [0.717, 1.165) is 30.7 Å². The summed E-state index contributed by atoms with van der Waals surface area (Å²) in [5, 5.41) is 13.6. The minimum absolute atomic E-state index is 0.0783. The maximum Gasteiger partial charge on any atom is 0.307 e. The number of carbonyl (C=O) groups is 2. The van der Waals surface area contributed by atoms with Crippen molar-refractivity contribution >= 4 is 11.9 Å². The maximum atomic E-state index is 12.7. The topological polar surface area (TPSA) is 84.7 Å². The van der Waals surface area contributed by atoms with Crippen LogP contribution < -0.4 is 4.74 Å². The van der Waals surface area contributed by atoms with Gasteiger partial charge in [0.15, 0.2) is 5.69 Å². The van der Waals surface area contributed by atoms with Crippen LogP contribution in [0.1, 0.15) is 29.8 Å². The number of rotatable bonds is 4. The van der Waals surface area contributed by atoms with E-state index < -0.39 is 5.97 Å². The predicted octanol–water partition coefficient (Wildman–Crippen LogP) is 2.21. The molecule has 4 rings (SSSR count). The van der Waals surface area contributed by atoms with E-state index in [1.165, 1.54) is 0 Å². The summed E-state index contributed by atoms with van der Waals surface area (Å²) in [5.74, 6) is -0.268. The number of ether oxygens (including phenoxy) is 1. The SMILES string of the molecule is COc1ccc(-n2ccc(C(=O)N3CCC4(CC3)CC4C(=O)O)n2)cc1. The lowest BCUT2D eigenvalue weighted by atomic mass is 9.90. The van der Waals surface area contributed by atoms with Crippen LogP contribution in [0.3, 0.4) is 0 Å². The van der Waals surface area contributed by atoms with E-state index in [1.54, 1.807) is 29.0 Å². The number of aliphatic carboxylic acids is 1. The van der Waals surface area contributed by atoms with Crippen molar-refractivity contribution in [3.63, 3.8) is 0 Å². The zero-order chi connectivity index (χ0) is 18.3. The first-order valence-corrected chi connectivity index (χ1v) is 8.75. The van der Waals surface area contributed by atoms with Gasteiger partial charge in [-0.3, -0.25) is 9.59 Å². The molecule has 1 spiro atoms. The fraction of sp³-hybridized carbons (Fsp3) is 0.421. The number of aromatic nitrogens is 2. The van der Waals surface area contributed by atoms with E-state index in [9.17, 15) is 9.59 Å². The Morgan fingerprint density at radius 2 is 1.88 bits per heavy atom. The Labute approximate surface area is 151 Å². The number of methoxy groups -OCH3 is 1. The van der Waals surface area contributed by atoms with E-state index in [1.807, 2.05) is 24.3 Å². The second-order valence-electron chi connectivity index (χ2n) is 7.09. The predicted molar refractivity (Wildman–Crippen MR) is 93.4 cm³/mol. The Bertz CT molecular complexity index is 835. The first kappa shape index (κ1) is 16.6. The molecule has 1 saturated heterocycles. The summed E-state index contributed by atoms with van der Waals surface area (Å²) in [6, 6.07) is 9.16. The van der Waals surface area contributed by atoms with Crippen LogP contribution in [0.15, 0.2) is 36.5 Å².